The molecule has 0 spiro atoms. The number of amides is 2. The van der Waals surface area contributed by atoms with Gasteiger partial charge in [-0.25, -0.2) is 4.99 Å². The van der Waals surface area contributed by atoms with E-state index >= 15 is 0 Å². The van der Waals surface area contributed by atoms with E-state index in [-0.39, 0.29) is 23.7 Å². The van der Waals surface area contributed by atoms with Crippen LogP contribution in [0, 0.1) is 5.92 Å². The van der Waals surface area contributed by atoms with Gasteiger partial charge in [-0.2, -0.15) is 0 Å². The van der Waals surface area contributed by atoms with Gasteiger partial charge in [0.2, 0.25) is 23.7 Å². The molecule has 0 aromatic heterocycles. The topological polar surface area (TPSA) is 86.7 Å². The van der Waals surface area contributed by atoms with Gasteiger partial charge in [0.25, 0.3) is 0 Å². The summed E-state index contributed by atoms with van der Waals surface area (Å²) in [4.78, 5) is 36.1. The van der Waals surface area contributed by atoms with Gasteiger partial charge in [0.05, 0.1) is 5.71 Å². The Labute approximate surface area is 239 Å². The summed E-state index contributed by atoms with van der Waals surface area (Å²) in [5.74, 6) is 0.680. The normalized spacial score (nSPS) is 20.8. The highest BCUT2D eigenvalue weighted by molar-refractivity contribution is 7.80. The number of rotatable bonds is 11. The molecule has 1 unspecified atom stereocenters. The molecule has 3 heterocycles. The van der Waals surface area contributed by atoms with Crippen molar-refractivity contribution in [1.29, 1.82) is 0 Å². The number of aliphatic imine (C=N–C) groups is 1. The summed E-state index contributed by atoms with van der Waals surface area (Å²) in [7, 11) is 0. The molecule has 0 saturated carbocycles. The zero-order chi connectivity index (χ0) is 27.2. The van der Waals surface area contributed by atoms with Crippen LogP contribution in [0.15, 0.2) is 52.9 Å². The minimum atomic E-state index is -0.491. The van der Waals surface area contributed by atoms with Crippen LogP contribution < -0.4 is 10.2 Å². The smallest absolute Gasteiger partial charge is 0.241 e. The summed E-state index contributed by atoms with van der Waals surface area (Å²) >= 11 is 11.5. The van der Waals surface area contributed by atoms with E-state index in [1.54, 1.807) is 17.1 Å². The lowest BCUT2D eigenvalue weighted by atomic mass is 9.93. The average Bonchev–Trinajstić information content (AvgIpc) is 3.39. The first-order chi connectivity index (χ1) is 19.0. The van der Waals surface area contributed by atoms with Crippen molar-refractivity contribution in [3.63, 3.8) is 0 Å². The number of carbonyl (C=O) groups is 2. The van der Waals surface area contributed by atoms with Crippen LogP contribution >= 0.6 is 23.8 Å². The Bertz CT molecular complexity index is 1190. The summed E-state index contributed by atoms with van der Waals surface area (Å²) in [6.45, 7) is 6.28. The fourth-order valence-corrected chi connectivity index (χ4v) is 5.67. The Balaban J connectivity index is 0.925. The molecule has 1 aliphatic carbocycles. The number of carbonyl (C=O) groups excluding carboxylic acids is 2. The number of hydrogen-bond acceptors (Lipinski definition) is 7. The quantitative estimate of drug-likeness (QED) is 0.321. The standard InChI is InChI=1S/C28H34ClN5O4S/c29-20-6-4-7-21(16-20)33-14-12-32(13-15-33)10-5-9-30-26(35)8-2-1-3-11-34-27(36)22-17-24-25(38-19-37-24)18-23(22)31-28(34)39/h4,6-7,16-18,22H,1-3,5,8-15,19H2,(H,30,35). The number of allylic oxidation sites excluding steroid dienone is 1. The lowest BCUT2D eigenvalue weighted by Gasteiger charge is -2.36. The fraction of sp³-hybridized carbons (Fsp3) is 0.500. The highest BCUT2D eigenvalue weighted by Crippen LogP contribution is 2.31. The number of halogens is 1. The van der Waals surface area contributed by atoms with E-state index in [4.69, 9.17) is 33.3 Å². The Hall–Kier alpha value is -2.95. The van der Waals surface area contributed by atoms with E-state index in [1.165, 1.54) is 5.69 Å². The third kappa shape index (κ3) is 6.98. The molecule has 1 N–H and O–H groups in total. The third-order valence-corrected chi connectivity index (χ3v) is 7.93. The van der Waals surface area contributed by atoms with Gasteiger partial charge in [-0.15, -0.1) is 0 Å². The Morgan fingerprint density at radius 1 is 1.08 bits per heavy atom. The van der Waals surface area contributed by atoms with Crippen LogP contribution in [-0.2, 0) is 19.1 Å². The second kappa shape index (κ2) is 12.9. The first-order valence-corrected chi connectivity index (χ1v) is 14.4. The SMILES string of the molecule is O=C(CCCCCN1C(=O)C2C=C3OCOC3=CC2=NC1=S)NCCCN1CCN(c2cccc(Cl)c2)CC1. The molecule has 0 radical (unpaired) electrons. The molecule has 2 saturated heterocycles. The van der Waals surface area contributed by atoms with Gasteiger partial charge in [0, 0.05) is 62.5 Å². The van der Waals surface area contributed by atoms with Crippen LogP contribution in [0.3, 0.4) is 0 Å². The zero-order valence-corrected chi connectivity index (χ0v) is 23.5. The summed E-state index contributed by atoms with van der Waals surface area (Å²) in [6.07, 6.45) is 7.27. The lowest BCUT2D eigenvalue weighted by molar-refractivity contribution is -0.128. The minimum absolute atomic E-state index is 0.0785. The number of hydrogen-bond donors (Lipinski definition) is 1. The molecule has 1 atom stereocenters. The number of benzene rings is 1. The summed E-state index contributed by atoms with van der Waals surface area (Å²) in [5.41, 5.74) is 1.77. The molecule has 2 amide bonds. The summed E-state index contributed by atoms with van der Waals surface area (Å²) in [6, 6.07) is 8.01. The summed E-state index contributed by atoms with van der Waals surface area (Å²) < 4.78 is 10.8. The molecule has 39 heavy (non-hydrogen) atoms. The maximum Gasteiger partial charge on any atom is 0.241 e. The van der Waals surface area contributed by atoms with Crippen molar-refractivity contribution in [2.45, 2.75) is 32.1 Å². The fourth-order valence-electron chi connectivity index (χ4n) is 5.19. The van der Waals surface area contributed by atoms with Crippen molar-refractivity contribution in [2.24, 2.45) is 10.9 Å². The van der Waals surface area contributed by atoms with Crippen LogP contribution in [0.5, 0.6) is 0 Å². The van der Waals surface area contributed by atoms with Crippen molar-refractivity contribution < 1.29 is 19.1 Å². The molecule has 2 fully saturated rings. The van der Waals surface area contributed by atoms with E-state index in [0.717, 1.165) is 63.4 Å². The number of anilines is 1. The maximum atomic E-state index is 13.0. The number of thiocarbonyl (C=S) groups is 1. The Kier molecular flexibility index (Phi) is 9.16. The van der Waals surface area contributed by atoms with Crippen LogP contribution in [0.4, 0.5) is 5.69 Å². The van der Waals surface area contributed by atoms with Gasteiger partial charge in [-0.05, 0) is 62.3 Å². The molecule has 1 aromatic carbocycles. The first-order valence-electron chi connectivity index (χ1n) is 13.6. The first kappa shape index (κ1) is 27.6. The van der Waals surface area contributed by atoms with Gasteiger partial charge >= 0.3 is 0 Å². The zero-order valence-electron chi connectivity index (χ0n) is 21.9. The largest absolute Gasteiger partial charge is 0.454 e. The third-order valence-electron chi connectivity index (χ3n) is 7.38. The molecule has 0 bridgehead atoms. The van der Waals surface area contributed by atoms with Gasteiger partial charge in [-0.3, -0.25) is 19.4 Å². The molecule has 11 heteroatoms. The van der Waals surface area contributed by atoms with E-state index in [2.05, 4.69) is 26.2 Å². The molecule has 4 aliphatic rings. The monoisotopic (exact) mass is 571 g/mol. The van der Waals surface area contributed by atoms with E-state index in [1.807, 2.05) is 18.2 Å². The van der Waals surface area contributed by atoms with Crippen molar-refractivity contribution in [1.82, 2.24) is 15.1 Å². The van der Waals surface area contributed by atoms with Crippen molar-refractivity contribution in [3.8, 4) is 0 Å². The molecule has 9 nitrogen and oxygen atoms in total. The molecule has 3 aliphatic heterocycles. The van der Waals surface area contributed by atoms with E-state index in [0.29, 0.717) is 36.7 Å². The molecular weight excluding hydrogens is 538 g/mol. The number of nitrogens with zero attached hydrogens (tertiary/aromatic N) is 4. The second-order valence-corrected chi connectivity index (χ2v) is 10.9. The van der Waals surface area contributed by atoms with Gasteiger partial charge < -0.3 is 19.7 Å². The van der Waals surface area contributed by atoms with Crippen LogP contribution in [0.2, 0.25) is 5.02 Å². The van der Waals surface area contributed by atoms with Crippen molar-refractivity contribution in [2.75, 3.05) is 57.5 Å². The van der Waals surface area contributed by atoms with Gasteiger partial charge in [0.15, 0.2) is 11.5 Å². The second-order valence-electron chi connectivity index (χ2n) is 10.1. The number of fused-ring (bicyclic) bond motifs is 2. The molecular formula is C28H34ClN5O4S. The van der Waals surface area contributed by atoms with Crippen LogP contribution in [-0.4, -0.2) is 85.0 Å². The van der Waals surface area contributed by atoms with Crippen molar-refractivity contribution >= 4 is 52.1 Å². The highest BCUT2D eigenvalue weighted by Gasteiger charge is 2.38. The maximum absolute atomic E-state index is 13.0. The van der Waals surface area contributed by atoms with Crippen LogP contribution in [0.25, 0.3) is 0 Å². The van der Waals surface area contributed by atoms with E-state index < -0.39 is 5.92 Å². The Morgan fingerprint density at radius 2 is 1.90 bits per heavy atom. The average molecular weight is 572 g/mol. The van der Waals surface area contributed by atoms with Crippen LogP contribution in [0.1, 0.15) is 32.1 Å². The number of piperazine rings is 1. The van der Waals surface area contributed by atoms with Crippen molar-refractivity contribution in [3.05, 3.63) is 53.0 Å². The van der Waals surface area contributed by atoms with Gasteiger partial charge in [-0.1, -0.05) is 24.1 Å². The number of ether oxygens (including phenoxy) is 2. The van der Waals surface area contributed by atoms with Gasteiger partial charge in [0.1, 0.15) is 5.92 Å². The predicted molar refractivity (Wildman–Crippen MR) is 155 cm³/mol. The number of nitrogens with one attached hydrogen (secondary N) is 1. The molecule has 5 rings (SSSR count). The summed E-state index contributed by atoms with van der Waals surface area (Å²) in [5, 5.41) is 4.09. The van der Waals surface area contributed by atoms with E-state index in [9.17, 15) is 9.59 Å². The lowest BCUT2D eigenvalue weighted by Crippen LogP contribution is -2.47. The predicted octanol–water partition coefficient (Wildman–Crippen LogP) is 3.50. The minimum Gasteiger partial charge on any atom is -0.454 e. The Morgan fingerprint density at radius 3 is 2.72 bits per heavy atom. The number of unbranched alkanes of at least 4 members (excludes halogenated alkanes) is 2. The molecule has 208 valence electrons. The molecule has 1 aromatic rings. The highest BCUT2D eigenvalue weighted by atomic mass is 35.5.